The highest BCUT2D eigenvalue weighted by atomic mass is 32.2. The summed E-state index contributed by atoms with van der Waals surface area (Å²) >= 11 is 0. The van der Waals surface area contributed by atoms with Crippen LogP contribution in [0.4, 0.5) is 0 Å². The standard InChI is InChI=1S/C19H27N5O6S/c1-2-3-4-5-8-23-12-15(17(25)21-19(23)26)31(27,28)24-9-10-29-14(11-24)16-20-18(30-22-16)13-6-7-13/h12-14H,2-11H2,1H3,(H,21,25,26). The van der Waals surface area contributed by atoms with E-state index in [2.05, 4.69) is 22.0 Å². The predicted octanol–water partition coefficient (Wildman–Crippen LogP) is 1.14. The van der Waals surface area contributed by atoms with Crippen LogP contribution in [0.3, 0.4) is 0 Å². The molecule has 11 nitrogen and oxygen atoms in total. The van der Waals surface area contributed by atoms with E-state index in [1.807, 2.05) is 0 Å². The van der Waals surface area contributed by atoms with Gasteiger partial charge in [-0.2, -0.15) is 9.29 Å². The van der Waals surface area contributed by atoms with Gasteiger partial charge >= 0.3 is 5.69 Å². The van der Waals surface area contributed by atoms with Gasteiger partial charge in [0.05, 0.1) is 6.61 Å². The van der Waals surface area contributed by atoms with E-state index in [0.29, 0.717) is 18.3 Å². The molecule has 4 rings (SSSR count). The third kappa shape index (κ3) is 4.80. The molecule has 0 bridgehead atoms. The van der Waals surface area contributed by atoms with E-state index in [4.69, 9.17) is 9.26 Å². The van der Waals surface area contributed by atoms with Gasteiger partial charge in [0, 0.05) is 31.7 Å². The number of H-pyrrole nitrogens is 1. The van der Waals surface area contributed by atoms with Crippen molar-refractivity contribution >= 4 is 10.0 Å². The Morgan fingerprint density at radius 3 is 2.77 bits per heavy atom. The van der Waals surface area contributed by atoms with Crippen LogP contribution in [0.25, 0.3) is 0 Å². The van der Waals surface area contributed by atoms with Crippen molar-refractivity contribution < 1.29 is 17.7 Å². The van der Waals surface area contributed by atoms with Gasteiger partial charge in [-0.1, -0.05) is 31.3 Å². The van der Waals surface area contributed by atoms with Crippen LogP contribution in [0.1, 0.15) is 69.2 Å². The average Bonchev–Trinajstić information content (AvgIpc) is 3.49. The molecule has 0 spiro atoms. The highest BCUT2D eigenvalue weighted by Gasteiger charge is 2.37. The lowest BCUT2D eigenvalue weighted by molar-refractivity contribution is -0.00862. The summed E-state index contributed by atoms with van der Waals surface area (Å²) in [4.78, 5) is 30.5. The zero-order valence-electron chi connectivity index (χ0n) is 17.4. The first-order valence-corrected chi connectivity index (χ1v) is 12.1. The molecular weight excluding hydrogens is 426 g/mol. The number of unbranched alkanes of at least 4 members (excludes halogenated alkanes) is 3. The van der Waals surface area contributed by atoms with Gasteiger partial charge in [-0.05, 0) is 19.3 Å². The fourth-order valence-electron chi connectivity index (χ4n) is 3.56. The molecule has 1 unspecified atom stereocenters. The summed E-state index contributed by atoms with van der Waals surface area (Å²) in [6.45, 7) is 2.60. The smallest absolute Gasteiger partial charge is 0.328 e. The Bertz CT molecular complexity index is 1130. The molecule has 1 aliphatic carbocycles. The number of hydrogen-bond donors (Lipinski definition) is 1. The van der Waals surface area contributed by atoms with Crippen molar-refractivity contribution in [3.8, 4) is 0 Å². The first-order chi connectivity index (χ1) is 14.9. The molecule has 2 aromatic heterocycles. The third-order valence-corrected chi connectivity index (χ3v) is 7.41. The minimum absolute atomic E-state index is 0.0406. The Hall–Kier alpha value is -2.31. The molecule has 1 N–H and O–H groups in total. The van der Waals surface area contributed by atoms with Crippen molar-refractivity contribution in [2.45, 2.75) is 68.9 Å². The van der Waals surface area contributed by atoms with Crippen molar-refractivity contribution in [3.05, 3.63) is 38.8 Å². The number of aromatic amines is 1. The number of nitrogens with zero attached hydrogens (tertiary/aromatic N) is 4. The number of aryl methyl sites for hydroxylation is 1. The van der Waals surface area contributed by atoms with Gasteiger partial charge in [-0.3, -0.25) is 14.3 Å². The van der Waals surface area contributed by atoms with Crippen molar-refractivity contribution in [3.63, 3.8) is 0 Å². The highest BCUT2D eigenvalue weighted by Crippen LogP contribution is 2.39. The summed E-state index contributed by atoms with van der Waals surface area (Å²) in [5.41, 5.74) is -1.53. The van der Waals surface area contributed by atoms with Crippen LogP contribution in [0, 0.1) is 0 Å². The van der Waals surface area contributed by atoms with E-state index in [1.165, 1.54) is 8.87 Å². The molecule has 0 radical (unpaired) electrons. The predicted molar refractivity (Wildman–Crippen MR) is 109 cm³/mol. The number of aromatic nitrogens is 4. The second kappa shape index (κ2) is 9.05. The van der Waals surface area contributed by atoms with Crippen molar-refractivity contribution in [2.75, 3.05) is 19.7 Å². The number of rotatable bonds is 9. The molecule has 1 saturated carbocycles. The molecule has 2 aromatic rings. The largest absolute Gasteiger partial charge is 0.367 e. The lowest BCUT2D eigenvalue weighted by atomic mass is 10.2. The van der Waals surface area contributed by atoms with Crippen LogP contribution in [-0.2, 0) is 21.3 Å². The molecule has 2 fully saturated rings. The minimum Gasteiger partial charge on any atom is -0.367 e. The monoisotopic (exact) mass is 453 g/mol. The molecule has 31 heavy (non-hydrogen) atoms. The molecule has 2 aliphatic rings. The molecule has 0 amide bonds. The van der Waals surface area contributed by atoms with Crippen LogP contribution < -0.4 is 11.2 Å². The summed E-state index contributed by atoms with van der Waals surface area (Å²) < 4.78 is 39.8. The lowest BCUT2D eigenvalue weighted by Crippen LogP contribution is -2.45. The van der Waals surface area contributed by atoms with Crippen molar-refractivity contribution in [1.29, 1.82) is 0 Å². The number of nitrogens with one attached hydrogen (secondary N) is 1. The summed E-state index contributed by atoms with van der Waals surface area (Å²) in [5, 5.41) is 3.94. The van der Waals surface area contributed by atoms with Crippen LogP contribution in [-0.4, -0.2) is 52.1 Å². The molecule has 1 aliphatic heterocycles. The Balaban J connectivity index is 1.53. The van der Waals surface area contributed by atoms with Gasteiger partial charge in [0.25, 0.3) is 5.56 Å². The number of ether oxygens (including phenoxy) is 1. The maximum absolute atomic E-state index is 13.2. The Morgan fingerprint density at radius 2 is 2.03 bits per heavy atom. The number of hydrogen-bond acceptors (Lipinski definition) is 8. The summed E-state index contributed by atoms with van der Waals surface area (Å²) in [7, 11) is -4.14. The second-order valence-corrected chi connectivity index (χ2v) is 9.90. The van der Waals surface area contributed by atoms with Crippen LogP contribution >= 0.6 is 0 Å². The molecule has 3 heterocycles. The zero-order chi connectivity index (χ0) is 22.0. The normalized spacial score (nSPS) is 20.2. The maximum atomic E-state index is 13.2. The van der Waals surface area contributed by atoms with E-state index in [-0.39, 0.29) is 25.6 Å². The minimum atomic E-state index is -4.14. The van der Waals surface area contributed by atoms with E-state index in [9.17, 15) is 18.0 Å². The first-order valence-electron chi connectivity index (χ1n) is 10.7. The first kappa shape index (κ1) is 21.9. The van der Waals surface area contributed by atoms with Crippen LogP contribution in [0.15, 0.2) is 25.2 Å². The van der Waals surface area contributed by atoms with Crippen molar-refractivity contribution in [2.24, 2.45) is 0 Å². The third-order valence-electron chi connectivity index (χ3n) is 5.55. The fraction of sp³-hybridized carbons (Fsp3) is 0.684. The molecule has 0 aromatic carbocycles. The van der Waals surface area contributed by atoms with Gasteiger partial charge in [0.2, 0.25) is 21.7 Å². The lowest BCUT2D eigenvalue weighted by Gasteiger charge is -2.30. The summed E-state index contributed by atoms with van der Waals surface area (Å²) in [6.07, 6.45) is 6.18. The van der Waals surface area contributed by atoms with E-state index < -0.39 is 32.3 Å². The van der Waals surface area contributed by atoms with Crippen LogP contribution in [0.2, 0.25) is 0 Å². The molecule has 1 atom stereocenters. The fourth-order valence-corrected chi connectivity index (χ4v) is 5.03. The van der Waals surface area contributed by atoms with Gasteiger partial charge in [-0.25, -0.2) is 13.2 Å². The topological polar surface area (TPSA) is 140 Å². The van der Waals surface area contributed by atoms with E-state index >= 15 is 0 Å². The van der Waals surface area contributed by atoms with Gasteiger partial charge in [0.15, 0.2) is 4.90 Å². The van der Waals surface area contributed by atoms with E-state index in [0.717, 1.165) is 44.7 Å². The van der Waals surface area contributed by atoms with Gasteiger partial charge in [-0.15, -0.1) is 0 Å². The zero-order valence-corrected chi connectivity index (χ0v) is 18.3. The molecule has 170 valence electrons. The Kier molecular flexibility index (Phi) is 6.39. The van der Waals surface area contributed by atoms with Crippen molar-refractivity contribution in [1.82, 2.24) is 24.0 Å². The number of sulfonamides is 1. The highest BCUT2D eigenvalue weighted by molar-refractivity contribution is 7.89. The quantitative estimate of drug-likeness (QED) is 0.557. The maximum Gasteiger partial charge on any atom is 0.328 e. The Labute approximate surface area is 179 Å². The molecule has 12 heteroatoms. The molecule has 1 saturated heterocycles. The molecular formula is C19H27N5O6S. The Morgan fingerprint density at radius 1 is 1.23 bits per heavy atom. The summed E-state index contributed by atoms with van der Waals surface area (Å²) in [5.74, 6) is 1.13. The van der Waals surface area contributed by atoms with E-state index in [1.54, 1.807) is 0 Å². The second-order valence-electron chi connectivity index (χ2n) is 7.99. The average molecular weight is 454 g/mol. The number of morpholine rings is 1. The summed E-state index contributed by atoms with van der Waals surface area (Å²) in [6, 6.07) is 0. The van der Waals surface area contributed by atoms with Gasteiger partial charge in [0.1, 0.15) is 6.10 Å². The SMILES string of the molecule is CCCCCCn1cc(S(=O)(=O)N2CCOC(c3noc(C4CC4)n3)C2)c(=O)[nH]c1=O. The van der Waals surface area contributed by atoms with Crippen LogP contribution in [0.5, 0.6) is 0 Å². The van der Waals surface area contributed by atoms with Gasteiger partial charge < -0.3 is 9.26 Å².